The minimum Gasteiger partial charge on any atom is -0.483 e. The van der Waals surface area contributed by atoms with Gasteiger partial charge in [-0.25, -0.2) is 17.3 Å². The van der Waals surface area contributed by atoms with Crippen molar-refractivity contribution in [3.63, 3.8) is 0 Å². The highest BCUT2D eigenvalue weighted by Gasteiger charge is 2.29. The van der Waals surface area contributed by atoms with Crippen LogP contribution in [-0.2, 0) is 21.1 Å². The van der Waals surface area contributed by atoms with E-state index in [9.17, 15) is 35.6 Å². The Balaban J connectivity index is 1.27. The predicted octanol–water partition coefficient (Wildman–Crippen LogP) is 5.18. The summed E-state index contributed by atoms with van der Waals surface area (Å²) in [6.07, 6.45) is -1.87. The lowest BCUT2D eigenvalue weighted by molar-refractivity contribution is -0.153. The summed E-state index contributed by atoms with van der Waals surface area (Å²) in [5.41, 5.74) is 3.32. The first-order valence-electron chi connectivity index (χ1n) is 14.3. The maximum Gasteiger partial charge on any atom is 0.422 e. The number of alkyl halides is 3. The monoisotopic (exact) mass is 684 g/mol. The third kappa shape index (κ3) is 9.51. The highest BCUT2D eigenvalue weighted by molar-refractivity contribution is 7.90. The molecular weight excluding hydrogens is 656 g/mol. The summed E-state index contributed by atoms with van der Waals surface area (Å²) >= 11 is 0. The first kappa shape index (κ1) is 33.8. The van der Waals surface area contributed by atoms with Gasteiger partial charge >= 0.3 is 6.18 Å². The van der Waals surface area contributed by atoms with Gasteiger partial charge in [-0.05, 0) is 59.7 Å². The van der Waals surface area contributed by atoms with Crippen LogP contribution in [0.25, 0.3) is 16.8 Å². The van der Waals surface area contributed by atoms with E-state index >= 15 is 0 Å². The zero-order chi connectivity index (χ0) is 34.5. The molecule has 5 rings (SSSR count). The van der Waals surface area contributed by atoms with E-state index in [-0.39, 0.29) is 53.4 Å². The van der Waals surface area contributed by atoms with Crippen LogP contribution in [0.5, 0.6) is 5.75 Å². The number of halogens is 4. The molecule has 0 fully saturated rings. The highest BCUT2D eigenvalue weighted by atomic mass is 32.2. The van der Waals surface area contributed by atoms with Crippen molar-refractivity contribution in [3.05, 3.63) is 102 Å². The number of hydrogen-bond donors (Lipinski definition) is 3. The third-order valence-corrected chi connectivity index (χ3v) is 7.69. The second-order valence-electron chi connectivity index (χ2n) is 10.7. The van der Waals surface area contributed by atoms with E-state index in [1.54, 1.807) is 36.5 Å². The molecule has 0 aliphatic rings. The maximum absolute atomic E-state index is 13.1. The van der Waals surface area contributed by atoms with Gasteiger partial charge in [0.15, 0.2) is 12.3 Å². The van der Waals surface area contributed by atoms with Crippen molar-refractivity contribution < 1.29 is 40.3 Å². The molecule has 16 heteroatoms. The Labute approximate surface area is 271 Å². The van der Waals surface area contributed by atoms with Gasteiger partial charge in [0.2, 0.25) is 11.9 Å². The van der Waals surface area contributed by atoms with Crippen LogP contribution >= 0.6 is 0 Å². The molecule has 0 radical (unpaired) electrons. The topological polar surface area (TPSA) is 144 Å². The van der Waals surface area contributed by atoms with Crippen LogP contribution in [-0.4, -0.2) is 66.2 Å². The first-order valence-corrected chi connectivity index (χ1v) is 16.3. The second-order valence-corrected chi connectivity index (χ2v) is 13.0. The number of carbonyl (C=O) groups excluding carboxylic acids is 2. The molecule has 0 bridgehead atoms. The van der Waals surface area contributed by atoms with Gasteiger partial charge in [-0.1, -0.05) is 24.3 Å². The number of pyridine rings is 1. The van der Waals surface area contributed by atoms with E-state index in [2.05, 4.69) is 26.0 Å². The highest BCUT2D eigenvalue weighted by Crippen LogP contribution is 2.28. The van der Waals surface area contributed by atoms with Gasteiger partial charge in [-0.15, -0.1) is 5.10 Å². The van der Waals surface area contributed by atoms with Crippen LogP contribution in [0.2, 0.25) is 0 Å². The lowest BCUT2D eigenvalue weighted by atomic mass is 10.1. The molecule has 2 amide bonds. The number of aromatic nitrogens is 3. The quantitative estimate of drug-likeness (QED) is 0.153. The Morgan fingerprint density at radius 1 is 0.917 bits per heavy atom. The van der Waals surface area contributed by atoms with E-state index in [1.165, 1.54) is 34.8 Å². The number of rotatable bonds is 12. The summed E-state index contributed by atoms with van der Waals surface area (Å²) in [5, 5.41) is 12.4. The van der Waals surface area contributed by atoms with Crippen molar-refractivity contribution in [2.45, 2.75) is 12.6 Å². The number of carbonyl (C=O) groups is 2. The molecular formula is C32H28F4N6O5S. The van der Waals surface area contributed by atoms with Crippen molar-refractivity contribution in [2.24, 2.45) is 0 Å². The molecule has 48 heavy (non-hydrogen) atoms. The fourth-order valence-electron chi connectivity index (χ4n) is 4.49. The number of hydrogen-bond acceptors (Lipinski definition) is 8. The molecule has 5 aromatic rings. The van der Waals surface area contributed by atoms with E-state index < -0.39 is 28.5 Å². The average molecular weight is 685 g/mol. The van der Waals surface area contributed by atoms with Crippen molar-refractivity contribution in [1.82, 2.24) is 19.9 Å². The SMILES string of the molecule is CS(=O)(=O)CCNC(=O)c1ccc(Nc2nc3ccc(-c4ccc(NC(=O)Cc5ccc(F)cc5)cc4)cn3n2)cc1OCC(F)(F)F. The fourth-order valence-corrected chi connectivity index (χ4v) is 4.96. The minimum absolute atomic E-state index is 0.0933. The van der Waals surface area contributed by atoms with Crippen LogP contribution in [0, 0.1) is 5.82 Å². The Morgan fingerprint density at radius 3 is 2.29 bits per heavy atom. The summed E-state index contributed by atoms with van der Waals surface area (Å²) in [6.45, 7) is -1.89. The summed E-state index contributed by atoms with van der Waals surface area (Å²) < 4.78 is 81.0. The summed E-state index contributed by atoms with van der Waals surface area (Å²) in [4.78, 5) is 29.4. The molecule has 3 aromatic carbocycles. The largest absolute Gasteiger partial charge is 0.483 e. The van der Waals surface area contributed by atoms with Gasteiger partial charge in [0, 0.05) is 42.0 Å². The molecule has 11 nitrogen and oxygen atoms in total. The van der Waals surface area contributed by atoms with E-state index in [0.29, 0.717) is 16.9 Å². The number of sulfone groups is 1. The number of nitrogens with zero attached hydrogens (tertiary/aromatic N) is 3. The van der Waals surface area contributed by atoms with E-state index in [1.807, 2.05) is 18.2 Å². The van der Waals surface area contributed by atoms with Crippen molar-refractivity contribution in [1.29, 1.82) is 0 Å². The summed E-state index contributed by atoms with van der Waals surface area (Å²) in [6, 6.07) is 20.2. The van der Waals surface area contributed by atoms with Crippen LogP contribution in [0.1, 0.15) is 15.9 Å². The molecule has 2 aromatic heterocycles. The molecule has 3 N–H and O–H groups in total. The van der Waals surface area contributed by atoms with Crippen LogP contribution in [0.4, 0.5) is 34.9 Å². The van der Waals surface area contributed by atoms with Crippen LogP contribution in [0.3, 0.4) is 0 Å². The van der Waals surface area contributed by atoms with Crippen molar-refractivity contribution >= 4 is 44.6 Å². The smallest absolute Gasteiger partial charge is 0.422 e. The molecule has 2 heterocycles. The molecule has 0 saturated carbocycles. The number of ether oxygens (including phenoxy) is 1. The molecule has 0 aliphatic heterocycles. The Morgan fingerprint density at radius 2 is 1.60 bits per heavy atom. The maximum atomic E-state index is 13.1. The van der Waals surface area contributed by atoms with Gasteiger partial charge in [0.05, 0.1) is 17.7 Å². The zero-order valence-corrected chi connectivity index (χ0v) is 26.0. The van der Waals surface area contributed by atoms with Crippen molar-refractivity contribution in [2.75, 3.05) is 35.8 Å². The first-order chi connectivity index (χ1) is 22.7. The molecule has 0 saturated heterocycles. The normalized spacial score (nSPS) is 11.7. The Hall–Kier alpha value is -5.51. The summed E-state index contributed by atoms with van der Waals surface area (Å²) in [5.74, 6) is -2.05. The lowest BCUT2D eigenvalue weighted by Crippen LogP contribution is -2.29. The molecule has 0 aliphatic carbocycles. The van der Waals surface area contributed by atoms with Gasteiger partial charge in [0.1, 0.15) is 21.4 Å². The third-order valence-electron chi connectivity index (χ3n) is 6.74. The van der Waals surface area contributed by atoms with Crippen LogP contribution < -0.4 is 20.7 Å². The Kier molecular flexibility index (Phi) is 9.93. The van der Waals surface area contributed by atoms with Gasteiger partial charge in [0.25, 0.3) is 5.91 Å². The summed E-state index contributed by atoms with van der Waals surface area (Å²) in [7, 11) is -3.37. The fraction of sp³-hybridized carbons (Fsp3) is 0.188. The number of fused-ring (bicyclic) bond motifs is 1. The molecule has 0 unspecified atom stereocenters. The molecule has 0 spiro atoms. The number of anilines is 3. The predicted molar refractivity (Wildman–Crippen MR) is 170 cm³/mol. The lowest BCUT2D eigenvalue weighted by Gasteiger charge is -2.14. The zero-order valence-electron chi connectivity index (χ0n) is 25.2. The van der Waals surface area contributed by atoms with E-state index in [4.69, 9.17) is 4.74 Å². The minimum atomic E-state index is -4.67. The number of amides is 2. The Bertz CT molecular complexity index is 2050. The number of benzene rings is 3. The van der Waals surface area contributed by atoms with E-state index in [0.717, 1.165) is 17.4 Å². The average Bonchev–Trinajstić information content (AvgIpc) is 3.42. The standard InChI is InChI=1S/C32H28F4N6O5S/c1-48(45,46)15-14-37-30(44)26-12-11-25(17-27(26)47-19-32(34,35)36)39-31-40-28-13-6-22(18-42(28)41-31)21-4-9-24(10-5-21)38-29(43)16-20-2-7-23(33)8-3-20/h2-13,17-18H,14-16,19H2,1H3,(H,37,44)(H,38,43)(H,39,41). The number of nitrogens with one attached hydrogen (secondary N) is 3. The second kappa shape index (κ2) is 14.1. The molecule has 0 atom stereocenters. The van der Waals surface area contributed by atoms with Gasteiger partial charge in [-0.2, -0.15) is 18.2 Å². The van der Waals surface area contributed by atoms with Crippen molar-refractivity contribution in [3.8, 4) is 16.9 Å². The van der Waals surface area contributed by atoms with Gasteiger partial charge in [-0.3, -0.25) is 9.59 Å². The van der Waals surface area contributed by atoms with Gasteiger partial charge < -0.3 is 20.7 Å². The molecule has 250 valence electrons. The van der Waals surface area contributed by atoms with Crippen LogP contribution in [0.15, 0.2) is 85.1 Å².